The van der Waals surface area contributed by atoms with E-state index in [1.165, 1.54) is 16.1 Å². The third-order valence-electron chi connectivity index (χ3n) is 8.33. The number of ether oxygens (including phenoxy) is 1. The van der Waals surface area contributed by atoms with Crippen LogP contribution in [0.2, 0.25) is 0 Å². The lowest BCUT2D eigenvalue weighted by molar-refractivity contribution is -0.530. The molecule has 5 rings (SSSR count). The van der Waals surface area contributed by atoms with Gasteiger partial charge in [0.1, 0.15) is 25.0 Å². The minimum absolute atomic E-state index is 0.0433. The Bertz CT molecular complexity index is 1500. The van der Waals surface area contributed by atoms with Crippen molar-refractivity contribution < 1.29 is 38.6 Å². The van der Waals surface area contributed by atoms with Crippen molar-refractivity contribution in [1.29, 1.82) is 0 Å². The molecule has 2 fully saturated rings. The van der Waals surface area contributed by atoms with Crippen molar-refractivity contribution in [1.82, 2.24) is 20.4 Å². The normalized spacial score (nSPS) is 20.7. The molecule has 2 aliphatic heterocycles. The second-order valence-electron chi connectivity index (χ2n) is 11.2. The van der Waals surface area contributed by atoms with Crippen LogP contribution in [0.4, 0.5) is 4.79 Å². The van der Waals surface area contributed by atoms with Gasteiger partial charge in [0.2, 0.25) is 5.91 Å². The van der Waals surface area contributed by atoms with Gasteiger partial charge in [-0.1, -0.05) is 71.2 Å². The number of rotatable bonds is 15. The summed E-state index contributed by atoms with van der Waals surface area (Å²) < 4.78 is 10.3. The van der Waals surface area contributed by atoms with Crippen molar-refractivity contribution in [2.45, 2.75) is 62.7 Å². The van der Waals surface area contributed by atoms with Crippen LogP contribution in [0, 0.1) is 16.0 Å². The number of nitrogens with one attached hydrogen (secondary N) is 1. The lowest BCUT2D eigenvalue weighted by Crippen LogP contribution is -2.76. The fourth-order valence-corrected chi connectivity index (χ4v) is 6.32. The fourth-order valence-electron chi connectivity index (χ4n) is 6.32. The van der Waals surface area contributed by atoms with E-state index in [0.717, 1.165) is 11.1 Å². The van der Waals surface area contributed by atoms with Crippen molar-refractivity contribution in [3.63, 3.8) is 0 Å². The zero-order valence-corrected chi connectivity index (χ0v) is 24.3. The highest BCUT2D eigenvalue weighted by Gasteiger charge is 2.59. The van der Waals surface area contributed by atoms with E-state index in [2.05, 4.69) is 5.16 Å². The van der Waals surface area contributed by atoms with Crippen LogP contribution < -0.4 is 5.43 Å². The number of aliphatic carboxylic acids is 1. The Hall–Kier alpha value is -5.27. The molecule has 1 aromatic heterocycles. The predicted octanol–water partition coefficient (Wildman–Crippen LogP) is 2.65. The quantitative estimate of drug-likeness (QED) is 0.146. The lowest BCUT2D eigenvalue weighted by atomic mass is 9.80. The summed E-state index contributed by atoms with van der Waals surface area (Å²) in [5, 5.41) is 24.4. The third kappa shape index (κ3) is 7.28. The average Bonchev–Trinajstić information content (AvgIpc) is 3.66. The summed E-state index contributed by atoms with van der Waals surface area (Å²) in [6, 6.07) is 16.6. The van der Waals surface area contributed by atoms with Crippen molar-refractivity contribution in [3.05, 3.63) is 99.9 Å². The van der Waals surface area contributed by atoms with Gasteiger partial charge in [-0.15, -0.1) is 0 Å². The maximum absolute atomic E-state index is 14.1. The van der Waals surface area contributed by atoms with Crippen molar-refractivity contribution in [2.24, 2.45) is 5.92 Å². The molecule has 3 aromatic rings. The highest BCUT2D eigenvalue weighted by molar-refractivity contribution is 5.96. The van der Waals surface area contributed by atoms with Crippen LogP contribution in [0.15, 0.2) is 77.5 Å². The standard InChI is InChI=1S/C31H33N5O9/c37-26(32-36(42)43)14-11-22(17-20-7-3-1-4-8-20)27(30(39)40)35-25(13-12-23-15-16-45-33-23)28(29(35)38)34-24(19-44-31(34)41)18-21-9-5-2-6-10-21/h1-10,15-16,22,24-25,27-28H,11-14,17-19H2,(H,32,37)(H,39,40)/t22-,24+,25-,27?,28+/m1/s1. The van der Waals surface area contributed by atoms with E-state index in [-0.39, 0.29) is 32.3 Å². The third-order valence-corrected chi connectivity index (χ3v) is 8.33. The molecule has 14 heteroatoms. The lowest BCUT2D eigenvalue weighted by Gasteiger charge is -2.54. The summed E-state index contributed by atoms with van der Waals surface area (Å²) in [7, 11) is 0. The van der Waals surface area contributed by atoms with E-state index < -0.39 is 59.0 Å². The van der Waals surface area contributed by atoms with Gasteiger partial charge in [0.05, 0.1) is 17.8 Å². The van der Waals surface area contributed by atoms with Gasteiger partial charge in [0.25, 0.3) is 5.91 Å². The van der Waals surface area contributed by atoms with Gasteiger partial charge in [-0.05, 0) is 49.1 Å². The van der Waals surface area contributed by atoms with Crippen LogP contribution >= 0.6 is 0 Å². The zero-order chi connectivity index (χ0) is 31.9. The highest BCUT2D eigenvalue weighted by atomic mass is 16.7. The van der Waals surface area contributed by atoms with E-state index in [1.54, 1.807) is 35.8 Å². The topological polar surface area (TPSA) is 185 Å². The van der Waals surface area contributed by atoms with Crippen LogP contribution in [0.1, 0.15) is 36.1 Å². The summed E-state index contributed by atoms with van der Waals surface area (Å²) in [6.45, 7) is 0.0814. The number of hydrogen-bond acceptors (Lipinski definition) is 9. The maximum atomic E-state index is 14.1. The molecule has 14 nitrogen and oxygen atoms in total. The van der Waals surface area contributed by atoms with Crippen LogP contribution in [0.5, 0.6) is 0 Å². The second kappa shape index (κ2) is 14.0. The molecule has 236 valence electrons. The number of β-lactam (4-membered cyclic amide) rings is 1. The largest absolute Gasteiger partial charge is 0.480 e. The number of benzene rings is 2. The van der Waals surface area contributed by atoms with E-state index in [9.17, 15) is 34.4 Å². The fraction of sp³-hybridized carbons (Fsp3) is 0.387. The molecule has 5 atom stereocenters. The molecule has 0 spiro atoms. The van der Waals surface area contributed by atoms with Gasteiger partial charge < -0.3 is 19.3 Å². The number of nitro groups is 1. The SMILES string of the molecule is O=C(CC[C@H](Cc1ccccc1)C(C(=O)O)N1C(=O)[C@@H](N2C(=O)OC[C@@H]2Cc2ccccc2)[C@H]1CCc1ccon1)N[N+](=O)[O-]. The number of carbonyl (C=O) groups is 4. The monoisotopic (exact) mass is 619 g/mol. The first-order valence-corrected chi connectivity index (χ1v) is 14.6. The highest BCUT2D eigenvalue weighted by Crippen LogP contribution is 2.38. The second-order valence-corrected chi connectivity index (χ2v) is 11.2. The molecule has 3 heterocycles. The Balaban J connectivity index is 1.45. The number of cyclic esters (lactones) is 1. The van der Waals surface area contributed by atoms with Gasteiger partial charge in [0, 0.05) is 12.5 Å². The van der Waals surface area contributed by atoms with Crippen molar-refractivity contribution in [2.75, 3.05) is 6.61 Å². The van der Waals surface area contributed by atoms with E-state index in [0.29, 0.717) is 18.5 Å². The number of aryl methyl sites for hydroxylation is 1. The number of carboxylic acids is 1. The van der Waals surface area contributed by atoms with Gasteiger partial charge in [-0.2, -0.15) is 0 Å². The number of hydrogen-bond donors (Lipinski definition) is 2. The Morgan fingerprint density at radius 1 is 1.07 bits per heavy atom. The predicted molar refractivity (Wildman–Crippen MR) is 156 cm³/mol. The first-order valence-electron chi connectivity index (χ1n) is 14.6. The summed E-state index contributed by atoms with van der Waals surface area (Å²) in [5.74, 6) is -3.49. The van der Waals surface area contributed by atoms with Crippen LogP contribution in [0.3, 0.4) is 0 Å². The van der Waals surface area contributed by atoms with Crippen LogP contribution in [-0.4, -0.2) is 79.7 Å². The molecular weight excluding hydrogens is 586 g/mol. The Morgan fingerprint density at radius 2 is 1.76 bits per heavy atom. The molecule has 0 radical (unpaired) electrons. The minimum atomic E-state index is -1.38. The molecule has 2 N–H and O–H groups in total. The molecule has 45 heavy (non-hydrogen) atoms. The number of aromatic nitrogens is 1. The molecular formula is C31H33N5O9. The maximum Gasteiger partial charge on any atom is 0.410 e. The van der Waals surface area contributed by atoms with Crippen molar-refractivity contribution in [3.8, 4) is 0 Å². The molecule has 0 bridgehead atoms. The number of likely N-dealkylation sites (tertiary alicyclic amines) is 1. The Kier molecular flexibility index (Phi) is 9.70. The van der Waals surface area contributed by atoms with E-state index >= 15 is 0 Å². The summed E-state index contributed by atoms with van der Waals surface area (Å²) in [4.78, 5) is 65.8. The molecule has 1 unspecified atom stereocenters. The Morgan fingerprint density at radius 3 is 2.38 bits per heavy atom. The molecule has 3 amide bonds. The van der Waals surface area contributed by atoms with E-state index in [1.807, 2.05) is 36.4 Å². The summed E-state index contributed by atoms with van der Waals surface area (Å²) in [5.41, 5.74) is 3.92. The number of amides is 3. The summed E-state index contributed by atoms with van der Waals surface area (Å²) in [6.07, 6.45) is 1.64. The summed E-state index contributed by atoms with van der Waals surface area (Å²) >= 11 is 0. The zero-order valence-electron chi connectivity index (χ0n) is 24.3. The van der Waals surface area contributed by atoms with Gasteiger partial charge >= 0.3 is 12.1 Å². The van der Waals surface area contributed by atoms with Crippen LogP contribution in [-0.2, 0) is 38.4 Å². The number of nitrogens with zero attached hydrogens (tertiary/aromatic N) is 4. The number of carboxylic acid groups (broad SMARTS) is 1. The van der Waals surface area contributed by atoms with Gasteiger partial charge in [0.15, 0.2) is 5.03 Å². The first-order chi connectivity index (χ1) is 21.7. The van der Waals surface area contributed by atoms with Crippen molar-refractivity contribution >= 4 is 23.9 Å². The number of hydrazine groups is 1. The number of carbonyl (C=O) groups excluding carboxylic acids is 3. The smallest absolute Gasteiger partial charge is 0.410 e. The van der Waals surface area contributed by atoms with Gasteiger partial charge in [-0.25, -0.2) is 19.7 Å². The molecule has 2 aromatic carbocycles. The first kappa shape index (κ1) is 31.2. The molecule has 2 aliphatic rings. The average molecular weight is 620 g/mol. The Labute approximate surface area is 258 Å². The van der Waals surface area contributed by atoms with Crippen LogP contribution in [0.25, 0.3) is 0 Å². The van der Waals surface area contributed by atoms with E-state index in [4.69, 9.17) is 9.26 Å². The minimum Gasteiger partial charge on any atom is -0.480 e. The molecule has 0 saturated carbocycles. The molecule has 2 saturated heterocycles. The van der Waals surface area contributed by atoms with Gasteiger partial charge in [-0.3, -0.25) is 14.5 Å². The molecule has 0 aliphatic carbocycles.